The Kier molecular flexibility index (Phi) is 6.14. The maximum absolute atomic E-state index is 12.2. The molecule has 0 unspecified atom stereocenters. The number of hydrogen-bond donors (Lipinski definition) is 2. The number of carbonyl (C=O) groups is 2. The molecule has 2 rings (SSSR count). The van der Waals surface area contributed by atoms with Crippen molar-refractivity contribution in [1.29, 1.82) is 0 Å². The summed E-state index contributed by atoms with van der Waals surface area (Å²) in [6.07, 6.45) is 2.20. The van der Waals surface area contributed by atoms with Crippen LogP contribution in [0.2, 0.25) is 0 Å². The third kappa shape index (κ3) is 4.78. The van der Waals surface area contributed by atoms with Crippen LogP contribution in [0.3, 0.4) is 0 Å². The van der Waals surface area contributed by atoms with Gasteiger partial charge in [-0.25, -0.2) is 4.79 Å². The topological polar surface area (TPSA) is 87.1 Å². The largest absolute Gasteiger partial charge is 0.482 e. The lowest BCUT2D eigenvalue weighted by atomic mass is 10.2. The maximum Gasteiger partial charge on any atom is 0.341 e. The van der Waals surface area contributed by atoms with Gasteiger partial charge in [0.15, 0.2) is 6.61 Å². The smallest absolute Gasteiger partial charge is 0.341 e. The Morgan fingerprint density at radius 2 is 2.04 bits per heavy atom. The molecule has 0 atom stereocenters. The van der Waals surface area contributed by atoms with Gasteiger partial charge in [-0.1, -0.05) is 36.1 Å². The van der Waals surface area contributed by atoms with Crippen molar-refractivity contribution >= 4 is 46.3 Å². The summed E-state index contributed by atoms with van der Waals surface area (Å²) in [7, 11) is 0. The number of ether oxygens (including phenoxy) is 1. The van der Waals surface area contributed by atoms with Gasteiger partial charge >= 0.3 is 5.97 Å². The number of aliphatic hydroxyl groups is 1. The third-order valence-corrected chi connectivity index (χ3v) is 4.33. The minimum atomic E-state index is -1.04. The zero-order chi connectivity index (χ0) is 16.8. The number of amides is 1. The Balaban J connectivity index is 2.05. The SMILES string of the molecule is O=C(O)COc1ccc(/C=C2\SC(=S)N(CCCO)C2=O)cc1. The van der Waals surface area contributed by atoms with Gasteiger partial charge in [-0.15, -0.1) is 0 Å². The molecule has 1 fully saturated rings. The summed E-state index contributed by atoms with van der Waals surface area (Å²) < 4.78 is 5.53. The summed E-state index contributed by atoms with van der Waals surface area (Å²) in [4.78, 5) is 24.7. The van der Waals surface area contributed by atoms with E-state index in [1.54, 1.807) is 30.3 Å². The average Bonchev–Trinajstić information content (AvgIpc) is 2.78. The average molecular weight is 353 g/mol. The van der Waals surface area contributed by atoms with Crippen molar-refractivity contribution in [2.75, 3.05) is 19.8 Å². The fourth-order valence-corrected chi connectivity index (χ4v) is 3.19. The molecule has 0 radical (unpaired) electrons. The molecule has 122 valence electrons. The van der Waals surface area contributed by atoms with Gasteiger partial charge in [0.2, 0.25) is 0 Å². The molecule has 23 heavy (non-hydrogen) atoms. The highest BCUT2D eigenvalue weighted by molar-refractivity contribution is 8.26. The highest BCUT2D eigenvalue weighted by Gasteiger charge is 2.31. The Bertz CT molecular complexity index is 642. The summed E-state index contributed by atoms with van der Waals surface area (Å²) in [5, 5.41) is 17.4. The van der Waals surface area contributed by atoms with Crippen LogP contribution in [0.4, 0.5) is 0 Å². The van der Waals surface area contributed by atoms with Crippen molar-refractivity contribution < 1.29 is 24.5 Å². The van der Waals surface area contributed by atoms with Crippen LogP contribution in [0, 0.1) is 0 Å². The van der Waals surface area contributed by atoms with Crippen LogP contribution in [0.1, 0.15) is 12.0 Å². The van der Waals surface area contributed by atoms with Crippen LogP contribution >= 0.6 is 24.0 Å². The highest BCUT2D eigenvalue weighted by Crippen LogP contribution is 2.32. The number of nitrogens with zero attached hydrogens (tertiary/aromatic N) is 1. The molecule has 0 bridgehead atoms. The van der Waals surface area contributed by atoms with Gasteiger partial charge < -0.3 is 14.9 Å². The predicted octanol–water partition coefficient (Wildman–Crippen LogP) is 1.73. The molecule has 6 nitrogen and oxygen atoms in total. The summed E-state index contributed by atoms with van der Waals surface area (Å²) in [6, 6.07) is 6.75. The quantitative estimate of drug-likeness (QED) is 0.570. The van der Waals surface area contributed by atoms with E-state index in [1.165, 1.54) is 16.7 Å². The van der Waals surface area contributed by atoms with E-state index in [2.05, 4.69) is 0 Å². The molecule has 1 heterocycles. The Morgan fingerprint density at radius 3 is 2.65 bits per heavy atom. The normalized spacial score (nSPS) is 16.2. The van der Waals surface area contributed by atoms with E-state index in [1.807, 2.05) is 0 Å². The van der Waals surface area contributed by atoms with Gasteiger partial charge in [0.05, 0.1) is 4.91 Å². The molecule has 0 aromatic heterocycles. The number of rotatable bonds is 7. The summed E-state index contributed by atoms with van der Waals surface area (Å²) in [5.41, 5.74) is 0.787. The third-order valence-electron chi connectivity index (χ3n) is 2.95. The molecule has 1 amide bonds. The zero-order valence-electron chi connectivity index (χ0n) is 12.1. The first-order chi connectivity index (χ1) is 11.0. The minimum Gasteiger partial charge on any atom is -0.482 e. The van der Waals surface area contributed by atoms with Crippen LogP contribution in [-0.2, 0) is 9.59 Å². The molecule has 2 N–H and O–H groups in total. The Hall–Kier alpha value is -1.90. The number of aliphatic hydroxyl groups excluding tert-OH is 1. The van der Waals surface area contributed by atoms with Crippen LogP contribution in [-0.4, -0.2) is 51.1 Å². The second kappa shape index (κ2) is 8.09. The van der Waals surface area contributed by atoms with E-state index in [9.17, 15) is 9.59 Å². The zero-order valence-corrected chi connectivity index (χ0v) is 13.7. The van der Waals surface area contributed by atoms with Gasteiger partial charge in [0, 0.05) is 13.2 Å². The summed E-state index contributed by atoms with van der Waals surface area (Å²) in [5.74, 6) is -0.764. The number of thiocarbonyl (C=S) groups is 1. The van der Waals surface area contributed by atoms with E-state index in [4.69, 9.17) is 27.2 Å². The number of carbonyl (C=O) groups excluding carboxylic acids is 1. The molecule has 1 aromatic carbocycles. The standard InChI is InChI=1S/C15H15NO5S2/c17-7-1-6-16-14(20)12(23-15(16)22)8-10-2-4-11(5-3-10)21-9-13(18)19/h2-5,8,17H,1,6-7,9H2,(H,18,19)/b12-8-. The number of carboxylic acid groups (broad SMARTS) is 1. The lowest BCUT2D eigenvalue weighted by Crippen LogP contribution is -2.29. The number of carboxylic acids is 1. The van der Waals surface area contributed by atoms with Crippen molar-refractivity contribution in [1.82, 2.24) is 4.90 Å². The highest BCUT2D eigenvalue weighted by atomic mass is 32.2. The molecule has 1 aromatic rings. The monoisotopic (exact) mass is 353 g/mol. The van der Waals surface area contributed by atoms with Crippen LogP contribution in [0.25, 0.3) is 6.08 Å². The molecule has 1 saturated heterocycles. The fourth-order valence-electron chi connectivity index (χ4n) is 1.88. The van der Waals surface area contributed by atoms with Crippen LogP contribution < -0.4 is 4.74 Å². The summed E-state index contributed by atoms with van der Waals surface area (Å²) >= 11 is 6.40. The lowest BCUT2D eigenvalue weighted by Gasteiger charge is -2.12. The molecular weight excluding hydrogens is 338 g/mol. The van der Waals surface area contributed by atoms with Gasteiger partial charge in [0.25, 0.3) is 5.91 Å². The molecule has 1 aliphatic rings. The molecule has 8 heteroatoms. The lowest BCUT2D eigenvalue weighted by molar-refractivity contribution is -0.139. The second-order valence-corrected chi connectivity index (χ2v) is 6.34. The number of hydrogen-bond acceptors (Lipinski definition) is 6. The Labute approximate surface area is 142 Å². The molecule has 0 aliphatic carbocycles. The van der Waals surface area contributed by atoms with Crippen LogP contribution in [0.5, 0.6) is 5.75 Å². The van der Waals surface area contributed by atoms with E-state index >= 15 is 0 Å². The van der Waals surface area contributed by atoms with E-state index < -0.39 is 12.6 Å². The molecule has 0 spiro atoms. The molecule has 1 aliphatic heterocycles. The first-order valence-electron chi connectivity index (χ1n) is 6.82. The fraction of sp³-hybridized carbons (Fsp3) is 0.267. The van der Waals surface area contributed by atoms with Crippen molar-refractivity contribution in [2.24, 2.45) is 0 Å². The first-order valence-corrected chi connectivity index (χ1v) is 8.04. The maximum atomic E-state index is 12.2. The predicted molar refractivity (Wildman–Crippen MR) is 91.2 cm³/mol. The van der Waals surface area contributed by atoms with E-state index in [0.717, 1.165) is 5.56 Å². The number of aliphatic carboxylic acids is 1. The first kappa shape index (κ1) is 17.5. The molecular formula is C15H15NO5S2. The van der Waals surface area contributed by atoms with Gasteiger partial charge in [-0.05, 0) is 30.2 Å². The van der Waals surface area contributed by atoms with Gasteiger partial charge in [-0.3, -0.25) is 9.69 Å². The Morgan fingerprint density at radius 1 is 1.35 bits per heavy atom. The van der Waals surface area contributed by atoms with Crippen molar-refractivity contribution in [2.45, 2.75) is 6.42 Å². The molecule has 0 saturated carbocycles. The van der Waals surface area contributed by atoms with Crippen molar-refractivity contribution in [3.8, 4) is 5.75 Å². The summed E-state index contributed by atoms with van der Waals surface area (Å²) in [6.45, 7) is 0.0112. The van der Waals surface area contributed by atoms with E-state index in [0.29, 0.717) is 27.9 Å². The number of benzene rings is 1. The second-order valence-electron chi connectivity index (χ2n) is 4.66. The van der Waals surface area contributed by atoms with Crippen LogP contribution in [0.15, 0.2) is 29.2 Å². The minimum absolute atomic E-state index is 0.00785. The van der Waals surface area contributed by atoms with Gasteiger partial charge in [0.1, 0.15) is 10.1 Å². The van der Waals surface area contributed by atoms with Crippen molar-refractivity contribution in [3.05, 3.63) is 34.7 Å². The number of thioether (sulfide) groups is 1. The van der Waals surface area contributed by atoms with Gasteiger partial charge in [-0.2, -0.15) is 0 Å². The van der Waals surface area contributed by atoms with E-state index in [-0.39, 0.29) is 12.5 Å². The van der Waals surface area contributed by atoms with Crippen molar-refractivity contribution in [3.63, 3.8) is 0 Å².